The monoisotopic (exact) mass is 234 g/mol. The molecule has 4 heteroatoms. The number of nitrogens with one attached hydrogen (secondary N) is 1. The molecule has 0 bridgehead atoms. The Bertz CT molecular complexity index is 402. The number of piperazine rings is 1. The lowest BCUT2D eigenvalue weighted by molar-refractivity contribution is -0.125. The standard InChI is InChI=1S/C13H18N2O2/c1-9-3-5-11(6-4-9)15-7-10(2)14-13(17)12(15)8-16/h3-6,10,12,16H,7-8H2,1-2H3,(H,14,17). The zero-order valence-corrected chi connectivity index (χ0v) is 10.2. The third-order valence-electron chi connectivity index (χ3n) is 3.08. The fourth-order valence-electron chi connectivity index (χ4n) is 2.15. The molecule has 2 unspecified atom stereocenters. The largest absolute Gasteiger partial charge is 0.394 e. The number of aryl methyl sites for hydroxylation is 1. The summed E-state index contributed by atoms with van der Waals surface area (Å²) in [5.41, 5.74) is 2.17. The molecular formula is C13H18N2O2. The van der Waals surface area contributed by atoms with Gasteiger partial charge in [0.2, 0.25) is 5.91 Å². The van der Waals surface area contributed by atoms with Crippen LogP contribution in [-0.4, -0.2) is 36.2 Å². The summed E-state index contributed by atoms with van der Waals surface area (Å²) in [6.07, 6.45) is 0. The minimum absolute atomic E-state index is 0.103. The zero-order chi connectivity index (χ0) is 12.4. The van der Waals surface area contributed by atoms with E-state index in [1.165, 1.54) is 5.56 Å². The maximum Gasteiger partial charge on any atom is 0.245 e. The van der Waals surface area contributed by atoms with E-state index in [4.69, 9.17) is 0 Å². The lowest BCUT2D eigenvalue weighted by Gasteiger charge is -2.39. The number of carbonyl (C=O) groups excluding carboxylic acids is 1. The first kappa shape index (κ1) is 11.9. The van der Waals surface area contributed by atoms with E-state index in [1.807, 2.05) is 43.0 Å². The van der Waals surface area contributed by atoms with E-state index in [0.717, 1.165) is 12.2 Å². The van der Waals surface area contributed by atoms with Crippen molar-refractivity contribution >= 4 is 11.6 Å². The highest BCUT2D eigenvalue weighted by Gasteiger charge is 2.32. The van der Waals surface area contributed by atoms with Gasteiger partial charge < -0.3 is 15.3 Å². The Hall–Kier alpha value is -1.55. The summed E-state index contributed by atoms with van der Waals surface area (Å²) in [4.78, 5) is 13.7. The third-order valence-corrected chi connectivity index (χ3v) is 3.08. The molecule has 1 heterocycles. The van der Waals surface area contributed by atoms with Gasteiger partial charge >= 0.3 is 0 Å². The molecule has 1 aromatic rings. The van der Waals surface area contributed by atoms with Gasteiger partial charge in [0.05, 0.1) is 6.61 Å². The van der Waals surface area contributed by atoms with E-state index >= 15 is 0 Å². The molecule has 4 nitrogen and oxygen atoms in total. The van der Waals surface area contributed by atoms with Crippen LogP contribution in [-0.2, 0) is 4.79 Å². The number of anilines is 1. The van der Waals surface area contributed by atoms with Gasteiger partial charge in [-0.15, -0.1) is 0 Å². The van der Waals surface area contributed by atoms with Gasteiger partial charge in [0.15, 0.2) is 0 Å². The normalized spacial score (nSPS) is 24.6. The van der Waals surface area contributed by atoms with Gasteiger partial charge in [-0.3, -0.25) is 4.79 Å². The van der Waals surface area contributed by atoms with Gasteiger partial charge in [-0.2, -0.15) is 0 Å². The second-order valence-corrected chi connectivity index (χ2v) is 4.60. The van der Waals surface area contributed by atoms with Crippen LogP contribution in [0.25, 0.3) is 0 Å². The van der Waals surface area contributed by atoms with Gasteiger partial charge in [-0.05, 0) is 26.0 Å². The summed E-state index contributed by atoms with van der Waals surface area (Å²) in [6, 6.07) is 7.63. The molecule has 1 saturated heterocycles. The van der Waals surface area contributed by atoms with Crippen molar-refractivity contribution in [1.29, 1.82) is 0 Å². The summed E-state index contributed by atoms with van der Waals surface area (Å²) >= 11 is 0. The molecule has 1 aliphatic rings. The number of aliphatic hydroxyl groups is 1. The highest BCUT2D eigenvalue weighted by molar-refractivity contribution is 5.87. The Labute approximate surface area is 101 Å². The molecule has 0 aromatic heterocycles. The van der Waals surface area contributed by atoms with E-state index in [0.29, 0.717) is 0 Å². The quantitative estimate of drug-likeness (QED) is 0.791. The number of nitrogens with zero attached hydrogens (tertiary/aromatic N) is 1. The lowest BCUT2D eigenvalue weighted by atomic mass is 10.1. The van der Waals surface area contributed by atoms with Crippen LogP contribution in [0.1, 0.15) is 12.5 Å². The molecule has 92 valence electrons. The fraction of sp³-hybridized carbons (Fsp3) is 0.462. The Morgan fingerprint density at radius 3 is 2.65 bits per heavy atom. The molecule has 2 N–H and O–H groups in total. The Morgan fingerprint density at radius 2 is 2.06 bits per heavy atom. The van der Waals surface area contributed by atoms with Gasteiger partial charge in [0.25, 0.3) is 0 Å². The average molecular weight is 234 g/mol. The summed E-state index contributed by atoms with van der Waals surface area (Å²) < 4.78 is 0. The molecule has 1 fully saturated rings. The molecular weight excluding hydrogens is 216 g/mol. The second kappa shape index (κ2) is 4.75. The van der Waals surface area contributed by atoms with Crippen molar-refractivity contribution in [1.82, 2.24) is 5.32 Å². The predicted molar refractivity (Wildman–Crippen MR) is 67.0 cm³/mol. The molecule has 1 aromatic carbocycles. The number of hydrogen-bond acceptors (Lipinski definition) is 3. The van der Waals surface area contributed by atoms with Crippen LogP contribution in [0, 0.1) is 6.92 Å². The van der Waals surface area contributed by atoms with Crippen LogP contribution >= 0.6 is 0 Å². The van der Waals surface area contributed by atoms with Gasteiger partial charge in [-0.1, -0.05) is 17.7 Å². The summed E-state index contributed by atoms with van der Waals surface area (Å²) in [7, 11) is 0. The first-order chi connectivity index (χ1) is 8.11. The minimum Gasteiger partial charge on any atom is -0.394 e. The third kappa shape index (κ3) is 2.42. The summed E-state index contributed by atoms with van der Waals surface area (Å²) in [5.74, 6) is -0.105. The van der Waals surface area contributed by atoms with E-state index < -0.39 is 6.04 Å². The summed E-state index contributed by atoms with van der Waals surface area (Å²) in [5, 5.41) is 12.2. The van der Waals surface area contributed by atoms with Crippen LogP contribution in [0.2, 0.25) is 0 Å². The van der Waals surface area contributed by atoms with Crippen molar-refractivity contribution in [2.75, 3.05) is 18.1 Å². The number of carbonyl (C=O) groups is 1. The van der Waals surface area contributed by atoms with Crippen molar-refractivity contribution in [2.24, 2.45) is 0 Å². The topological polar surface area (TPSA) is 52.6 Å². The van der Waals surface area contributed by atoms with Crippen LogP contribution in [0.5, 0.6) is 0 Å². The number of hydrogen-bond donors (Lipinski definition) is 2. The second-order valence-electron chi connectivity index (χ2n) is 4.60. The Kier molecular flexibility index (Phi) is 3.33. The number of amides is 1. The van der Waals surface area contributed by atoms with Crippen LogP contribution in [0.15, 0.2) is 24.3 Å². The smallest absolute Gasteiger partial charge is 0.245 e. The number of benzene rings is 1. The molecule has 0 saturated carbocycles. The van der Waals surface area contributed by atoms with E-state index in [-0.39, 0.29) is 18.6 Å². The van der Waals surface area contributed by atoms with Crippen molar-refractivity contribution in [3.63, 3.8) is 0 Å². The van der Waals surface area contributed by atoms with Crippen molar-refractivity contribution in [2.45, 2.75) is 25.9 Å². The van der Waals surface area contributed by atoms with Crippen molar-refractivity contribution < 1.29 is 9.90 Å². The SMILES string of the molecule is Cc1ccc(N2CC(C)NC(=O)C2CO)cc1. The minimum atomic E-state index is -0.478. The maximum absolute atomic E-state index is 11.8. The Morgan fingerprint density at radius 1 is 1.41 bits per heavy atom. The number of rotatable bonds is 2. The molecule has 17 heavy (non-hydrogen) atoms. The highest BCUT2D eigenvalue weighted by atomic mass is 16.3. The average Bonchev–Trinajstić information content (AvgIpc) is 2.29. The molecule has 0 aliphatic carbocycles. The maximum atomic E-state index is 11.8. The van der Waals surface area contributed by atoms with Crippen molar-refractivity contribution in [3.05, 3.63) is 29.8 Å². The predicted octanol–water partition coefficient (Wildman–Crippen LogP) is 0.681. The van der Waals surface area contributed by atoms with Crippen LogP contribution in [0.3, 0.4) is 0 Å². The molecule has 2 rings (SSSR count). The first-order valence-electron chi connectivity index (χ1n) is 5.86. The van der Waals surface area contributed by atoms with Gasteiger partial charge in [0, 0.05) is 18.3 Å². The van der Waals surface area contributed by atoms with E-state index in [2.05, 4.69) is 5.32 Å². The molecule has 2 atom stereocenters. The zero-order valence-electron chi connectivity index (χ0n) is 10.2. The fourth-order valence-corrected chi connectivity index (χ4v) is 2.15. The van der Waals surface area contributed by atoms with Gasteiger partial charge in [-0.25, -0.2) is 0 Å². The Balaban J connectivity index is 2.27. The molecule has 0 radical (unpaired) electrons. The van der Waals surface area contributed by atoms with Gasteiger partial charge in [0.1, 0.15) is 6.04 Å². The van der Waals surface area contributed by atoms with Crippen molar-refractivity contribution in [3.8, 4) is 0 Å². The van der Waals surface area contributed by atoms with Crippen LogP contribution < -0.4 is 10.2 Å². The molecule has 1 amide bonds. The first-order valence-corrected chi connectivity index (χ1v) is 5.86. The molecule has 0 spiro atoms. The van der Waals surface area contributed by atoms with E-state index in [9.17, 15) is 9.90 Å². The highest BCUT2D eigenvalue weighted by Crippen LogP contribution is 2.20. The van der Waals surface area contributed by atoms with E-state index in [1.54, 1.807) is 0 Å². The molecule has 1 aliphatic heterocycles. The summed E-state index contributed by atoms with van der Waals surface area (Å²) in [6.45, 7) is 4.55. The van der Waals surface area contributed by atoms with Crippen LogP contribution in [0.4, 0.5) is 5.69 Å². The number of aliphatic hydroxyl groups excluding tert-OH is 1. The lowest BCUT2D eigenvalue weighted by Crippen LogP contribution is -2.60.